The van der Waals surface area contributed by atoms with Gasteiger partial charge in [-0.1, -0.05) is 13.0 Å². The Hall–Kier alpha value is -2.08. The van der Waals surface area contributed by atoms with E-state index in [0.29, 0.717) is 5.69 Å². The standard InChI is InChI=1S/C15H17N3O2S/c1-2-7-17-14-10-12(3-4-15(14)18(19)20)11-21-13-5-8-16-9-6-13/h3-6,8-10,17H,2,7,11H2,1H3. The Morgan fingerprint density at radius 3 is 2.71 bits per heavy atom. The molecule has 0 fully saturated rings. The summed E-state index contributed by atoms with van der Waals surface area (Å²) in [5.41, 5.74) is 1.77. The van der Waals surface area contributed by atoms with Gasteiger partial charge in [0.1, 0.15) is 5.69 Å². The molecule has 2 aromatic rings. The van der Waals surface area contributed by atoms with Gasteiger partial charge in [-0.2, -0.15) is 0 Å². The van der Waals surface area contributed by atoms with Crippen molar-refractivity contribution in [3.63, 3.8) is 0 Å². The van der Waals surface area contributed by atoms with E-state index in [9.17, 15) is 10.1 Å². The van der Waals surface area contributed by atoms with Crippen molar-refractivity contribution in [2.75, 3.05) is 11.9 Å². The largest absolute Gasteiger partial charge is 0.379 e. The lowest BCUT2D eigenvalue weighted by Crippen LogP contribution is -2.03. The number of nitro benzene ring substituents is 1. The van der Waals surface area contributed by atoms with Gasteiger partial charge in [0.2, 0.25) is 0 Å². The second-order valence-corrected chi connectivity index (χ2v) is 5.56. The first kappa shape index (κ1) is 15.3. The molecule has 0 unspecified atom stereocenters. The molecule has 1 aromatic carbocycles. The molecule has 21 heavy (non-hydrogen) atoms. The number of nitrogens with zero attached hydrogens (tertiary/aromatic N) is 2. The summed E-state index contributed by atoms with van der Waals surface area (Å²) in [5, 5.41) is 14.2. The van der Waals surface area contributed by atoms with Crippen LogP contribution in [0.15, 0.2) is 47.6 Å². The molecule has 0 bridgehead atoms. The topological polar surface area (TPSA) is 68.1 Å². The molecule has 6 heteroatoms. The van der Waals surface area contributed by atoms with Gasteiger partial charge in [0.15, 0.2) is 0 Å². The summed E-state index contributed by atoms with van der Waals surface area (Å²) in [6.45, 7) is 2.75. The summed E-state index contributed by atoms with van der Waals surface area (Å²) >= 11 is 1.68. The molecule has 0 spiro atoms. The minimum Gasteiger partial charge on any atom is -0.379 e. The van der Waals surface area contributed by atoms with Gasteiger partial charge in [-0.05, 0) is 30.2 Å². The maximum Gasteiger partial charge on any atom is 0.292 e. The van der Waals surface area contributed by atoms with Crippen LogP contribution in [0.3, 0.4) is 0 Å². The predicted octanol–water partition coefficient (Wildman–Crippen LogP) is 4.10. The first-order chi connectivity index (χ1) is 10.2. The van der Waals surface area contributed by atoms with Gasteiger partial charge in [-0.15, -0.1) is 11.8 Å². The normalized spacial score (nSPS) is 10.3. The van der Waals surface area contributed by atoms with Gasteiger partial charge < -0.3 is 5.32 Å². The zero-order chi connectivity index (χ0) is 15.1. The zero-order valence-electron chi connectivity index (χ0n) is 11.8. The quantitative estimate of drug-likeness (QED) is 0.474. The summed E-state index contributed by atoms with van der Waals surface area (Å²) in [7, 11) is 0. The third kappa shape index (κ3) is 4.46. The maximum atomic E-state index is 11.0. The summed E-state index contributed by atoms with van der Waals surface area (Å²) in [6, 6.07) is 9.14. The van der Waals surface area contributed by atoms with Crippen LogP contribution in [0.5, 0.6) is 0 Å². The van der Waals surface area contributed by atoms with Crippen LogP contribution in [-0.4, -0.2) is 16.5 Å². The summed E-state index contributed by atoms with van der Waals surface area (Å²) in [6.07, 6.45) is 4.44. The lowest BCUT2D eigenvalue weighted by Gasteiger charge is -2.08. The Morgan fingerprint density at radius 2 is 2.05 bits per heavy atom. The van der Waals surface area contributed by atoms with E-state index in [-0.39, 0.29) is 10.6 Å². The highest BCUT2D eigenvalue weighted by Gasteiger charge is 2.13. The molecule has 1 heterocycles. The molecule has 0 aliphatic carbocycles. The van der Waals surface area contributed by atoms with Gasteiger partial charge in [-0.3, -0.25) is 15.1 Å². The van der Waals surface area contributed by atoms with Crippen LogP contribution in [0.25, 0.3) is 0 Å². The van der Waals surface area contributed by atoms with Crippen molar-refractivity contribution >= 4 is 23.1 Å². The highest BCUT2D eigenvalue weighted by atomic mass is 32.2. The highest BCUT2D eigenvalue weighted by molar-refractivity contribution is 7.98. The molecule has 0 amide bonds. The van der Waals surface area contributed by atoms with Crippen LogP contribution in [-0.2, 0) is 5.75 Å². The molecule has 0 aliphatic rings. The van der Waals surface area contributed by atoms with Crippen molar-refractivity contribution in [2.45, 2.75) is 24.0 Å². The lowest BCUT2D eigenvalue weighted by atomic mass is 10.2. The SMILES string of the molecule is CCCNc1cc(CSc2ccncc2)ccc1[N+](=O)[O-]. The number of rotatable bonds is 7. The third-order valence-corrected chi connectivity index (χ3v) is 3.96. The molecule has 2 rings (SSSR count). The Labute approximate surface area is 127 Å². The second-order valence-electron chi connectivity index (χ2n) is 4.51. The molecule has 0 aliphatic heterocycles. The van der Waals surface area contributed by atoms with Gasteiger partial charge in [0.25, 0.3) is 5.69 Å². The monoisotopic (exact) mass is 303 g/mol. The second kappa shape index (κ2) is 7.64. The smallest absolute Gasteiger partial charge is 0.292 e. The summed E-state index contributed by atoms with van der Waals surface area (Å²) in [4.78, 5) is 15.8. The van der Waals surface area contributed by atoms with E-state index < -0.39 is 0 Å². The fraction of sp³-hybridized carbons (Fsp3) is 0.267. The molecule has 0 atom stereocenters. The van der Waals surface area contributed by atoms with Crippen LogP contribution in [0.4, 0.5) is 11.4 Å². The number of pyridine rings is 1. The van der Waals surface area contributed by atoms with Crippen molar-refractivity contribution in [3.05, 3.63) is 58.4 Å². The highest BCUT2D eigenvalue weighted by Crippen LogP contribution is 2.29. The Morgan fingerprint density at radius 1 is 1.29 bits per heavy atom. The van der Waals surface area contributed by atoms with Gasteiger partial charge >= 0.3 is 0 Å². The van der Waals surface area contributed by atoms with Gasteiger partial charge in [-0.25, -0.2) is 0 Å². The van der Waals surface area contributed by atoms with E-state index in [1.54, 1.807) is 30.2 Å². The minimum absolute atomic E-state index is 0.126. The Bertz CT molecular complexity index is 605. The number of benzene rings is 1. The van der Waals surface area contributed by atoms with Crippen LogP contribution in [0, 0.1) is 10.1 Å². The van der Waals surface area contributed by atoms with Crippen molar-refractivity contribution in [1.82, 2.24) is 4.98 Å². The van der Waals surface area contributed by atoms with E-state index >= 15 is 0 Å². The Balaban J connectivity index is 2.11. The number of aromatic nitrogens is 1. The molecule has 0 saturated heterocycles. The summed E-state index contributed by atoms with van der Waals surface area (Å²) in [5.74, 6) is 0.767. The van der Waals surface area contributed by atoms with Gasteiger partial charge in [0, 0.05) is 35.7 Å². The number of hydrogen-bond acceptors (Lipinski definition) is 5. The number of anilines is 1. The summed E-state index contributed by atoms with van der Waals surface area (Å²) < 4.78 is 0. The number of nitro groups is 1. The Kier molecular flexibility index (Phi) is 5.57. The molecular formula is C15H17N3O2S. The van der Waals surface area contributed by atoms with Crippen molar-refractivity contribution in [2.24, 2.45) is 0 Å². The van der Waals surface area contributed by atoms with Crippen LogP contribution in [0.1, 0.15) is 18.9 Å². The molecule has 1 N–H and O–H groups in total. The maximum absolute atomic E-state index is 11.0. The van der Waals surface area contributed by atoms with Crippen molar-refractivity contribution < 1.29 is 4.92 Å². The first-order valence-electron chi connectivity index (χ1n) is 6.74. The van der Waals surface area contributed by atoms with Crippen LogP contribution in [0.2, 0.25) is 0 Å². The number of thioether (sulfide) groups is 1. The lowest BCUT2D eigenvalue weighted by molar-refractivity contribution is -0.384. The molecule has 5 nitrogen and oxygen atoms in total. The zero-order valence-corrected chi connectivity index (χ0v) is 12.6. The molecule has 1 aromatic heterocycles. The van der Waals surface area contributed by atoms with Gasteiger partial charge in [0.05, 0.1) is 4.92 Å². The van der Waals surface area contributed by atoms with E-state index in [0.717, 1.165) is 29.2 Å². The number of hydrogen-bond donors (Lipinski definition) is 1. The van der Waals surface area contributed by atoms with E-state index in [4.69, 9.17) is 0 Å². The van der Waals surface area contributed by atoms with E-state index in [2.05, 4.69) is 10.3 Å². The van der Waals surface area contributed by atoms with E-state index in [1.807, 2.05) is 31.2 Å². The molecule has 0 saturated carbocycles. The third-order valence-electron chi connectivity index (χ3n) is 2.88. The first-order valence-corrected chi connectivity index (χ1v) is 7.73. The predicted molar refractivity (Wildman–Crippen MR) is 85.7 cm³/mol. The fourth-order valence-corrected chi connectivity index (χ4v) is 2.66. The molecule has 110 valence electrons. The van der Waals surface area contributed by atoms with Crippen LogP contribution >= 0.6 is 11.8 Å². The van der Waals surface area contributed by atoms with E-state index in [1.165, 1.54) is 0 Å². The molecule has 0 radical (unpaired) electrons. The fourth-order valence-electron chi connectivity index (χ4n) is 1.83. The number of nitrogens with one attached hydrogen (secondary N) is 1. The molecular weight excluding hydrogens is 286 g/mol. The average Bonchev–Trinajstić information content (AvgIpc) is 2.51. The minimum atomic E-state index is -0.349. The average molecular weight is 303 g/mol. The van der Waals surface area contributed by atoms with Crippen molar-refractivity contribution in [3.8, 4) is 0 Å². The van der Waals surface area contributed by atoms with Crippen molar-refractivity contribution in [1.29, 1.82) is 0 Å². The van der Waals surface area contributed by atoms with Crippen LogP contribution < -0.4 is 5.32 Å².